The molecule has 2 rings (SSSR count). The van der Waals surface area contributed by atoms with Crippen LogP contribution in [-0.4, -0.2) is 9.97 Å². The zero-order valence-corrected chi connectivity index (χ0v) is 10.7. The van der Waals surface area contributed by atoms with Gasteiger partial charge in [-0.05, 0) is 18.6 Å². The number of hydrogen-bond acceptors (Lipinski definition) is 4. The van der Waals surface area contributed by atoms with Crippen molar-refractivity contribution < 1.29 is 0 Å². The van der Waals surface area contributed by atoms with Crippen LogP contribution in [0.2, 0.25) is 0 Å². The minimum absolute atomic E-state index is 0.203. The Morgan fingerprint density at radius 3 is 2.76 bits per heavy atom. The summed E-state index contributed by atoms with van der Waals surface area (Å²) in [5, 5.41) is 8.74. The van der Waals surface area contributed by atoms with Crippen LogP contribution in [0, 0.1) is 18.3 Å². The van der Waals surface area contributed by atoms with Gasteiger partial charge in [-0.15, -0.1) is 0 Å². The van der Waals surface area contributed by atoms with Gasteiger partial charge in [0.15, 0.2) is 5.82 Å². The zero-order valence-electron chi connectivity index (χ0n) is 9.11. The molecule has 2 aromatic rings. The number of aromatic nitrogens is 2. The Morgan fingerprint density at radius 1 is 1.41 bits per heavy atom. The molecule has 4 nitrogen and oxygen atoms in total. The average molecular weight is 289 g/mol. The molecule has 0 saturated carbocycles. The third kappa shape index (κ3) is 2.27. The zero-order chi connectivity index (χ0) is 12.4. The third-order valence-corrected chi connectivity index (χ3v) is 3.22. The standard InChI is InChI=1S/C12H9BrN4/c1-7-2-3-8(4-10(7)13)12-16-6-9(5-14)11(15)17-12/h2-4,6H,1H3,(H2,15,16,17). The lowest BCUT2D eigenvalue weighted by Crippen LogP contribution is -1.99. The molecule has 0 aliphatic carbocycles. The van der Waals surface area contributed by atoms with Crippen LogP contribution in [0.5, 0.6) is 0 Å². The van der Waals surface area contributed by atoms with Crippen LogP contribution in [0.1, 0.15) is 11.1 Å². The second-order valence-corrected chi connectivity index (χ2v) is 4.42. The quantitative estimate of drug-likeness (QED) is 0.875. The van der Waals surface area contributed by atoms with E-state index >= 15 is 0 Å². The predicted molar refractivity (Wildman–Crippen MR) is 69.0 cm³/mol. The second kappa shape index (κ2) is 4.52. The summed E-state index contributed by atoms with van der Waals surface area (Å²) in [4.78, 5) is 8.23. The highest BCUT2D eigenvalue weighted by Crippen LogP contribution is 2.24. The maximum absolute atomic E-state index is 8.74. The van der Waals surface area contributed by atoms with Crippen LogP contribution in [-0.2, 0) is 0 Å². The molecular formula is C12H9BrN4. The predicted octanol–water partition coefficient (Wildman–Crippen LogP) is 2.67. The van der Waals surface area contributed by atoms with Crippen molar-refractivity contribution >= 4 is 21.7 Å². The van der Waals surface area contributed by atoms with Gasteiger partial charge in [0.25, 0.3) is 0 Å². The van der Waals surface area contributed by atoms with Crippen molar-refractivity contribution in [1.29, 1.82) is 5.26 Å². The highest BCUT2D eigenvalue weighted by Gasteiger charge is 2.06. The number of nitrogens with two attached hydrogens (primary N) is 1. The summed E-state index contributed by atoms with van der Waals surface area (Å²) in [6.45, 7) is 2.00. The molecule has 2 N–H and O–H groups in total. The second-order valence-electron chi connectivity index (χ2n) is 3.57. The minimum Gasteiger partial charge on any atom is -0.382 e. The van der Waals surface area contributed by atoms with Crippen LogP contribution in [0.4, 0.5) is 5.82 Å². The first kappa shape index (κ1) is 11.6. The fourth-order valence-electron chi connectivity index (χ4n) is 1.35. The summed E-state index contributed by atoms with van der Waals surface area (Å²) < 4.78 is 0.988. The highest BCUT2D eigenvalue weighted by atomic mass is 79.9. The monoisotopic (exact) mass is 288 g/mol. The van der Waals surface area contributed by atoms with E-state index < -0.39 is 0 Å². The number of hydrogen-bond donors (Lipinski definition) is 1. The lowest BCUT2D eigenvalue weighted by Gasteiger charge is -2.04. The Kier molecular flexibility index (Phi) is 3.07. The first-order valence-electron chi connectivity index (χ1n) is 4.91. The lowest BCUT2D eigenvalue weighted by molar-refractivity contribution is 1.17. The number of nitrogens with zero attached hydrogens (tertiary/aromatic N) is 3. The Labute approximate surface area is 107 Å². The Hall–Kier alpha value is -1.93. The fraction of sp³-hybridized carbons (Fsp3) is 0.0833. The summed E-state index contributed by atoms with van der Waals surface area (Å²) in [7, 11) is 0. The molecule has 0 amide bonds. The molecule has 0 atom stereocenters. The molecule has 5 heteroatoms. The van der Waals surface area contributed by atoms with E-state index in [0.29, 0.717) is 11.4 Å². The molecule has 17 heavy (non-hydrogen) atoms. The van der Waals surface area contributed by atoms with Crippen molar-refractivity contribution in [2.75, 3.05) is 5.73 Å². The van der Waals surface area contributed by atoms with Crippen LogP contribution in [0.25, 0.3) is 11.4 Å². The Balaban J connectivity index is 2.50. The summed E-state index contributed by atoms with van der Waals surface area (Å²) in [6.07, 6.45) is 1.44. The van der Waals surface area contributed by atoms with Crippen molar-refractivity contribution in [3.8, 4) is 17.5 Å². The molecule has 0 aliphatic rings. The van der Waals surface area contributed by atoms with Crippen LogP contribution in [0.15, 0.2) is 28.9 Å². The SMILES string of the molecule is Cc1ccc(-c2ncc(C#N)c(N)n2)cc1Br. The molecule has 0 saturated heterocycles. The van der Waals surface area contributed by atoms with Gasteiger partial charge in [-0.25, -0.2) is 9.97 Å². The van der Waals surface area contributed by atoms with Crippen LogP contribution in [0.3, 0.4) is 0 Å². The first-order valence-corrected chi connectivity index (χ1v) is 5.70. The molecule has 0 unspecified atom stereocenters. The number of rotatable bonds is 1. The number of halogens is 1. The fourth-order valence-corrected chi connectivity index (χ4v) is 1.73. The molecule has 84 valence electrons. The van der Waals surface area contributed by atoms with Crippen molar-refractivity contribution in [1.82, 2.24) is 9.97 Å². The number of anilines is 1. The Morgan fingerprint density at radius 2 is 2.18 bits per heavy atom. The van der Waals surface area contributed by atoms with E-state index in [-0.39, 0.29) is 5.82 Å². The summed E-state index contributed by atoms with van der Waals surface area (Å²) in [5.74, 6) is 0.719. The minimum atomic E-state index is 0.203. The summed E-state index contributed by atoms with van der Waals surface area (Å²) in [5.41, 5.74) is 7.94. The van der Waals surface area contributed by atoms with E-state index in [4.69, 9.17) is 11.0 Å². The molecule has 1 aromatic heterocycles. The van der Waals surface area contributed by atoms with E-state index in [2.05, 4.69) is 25.9 Å². The van der Waals surface area contributed by atoms with Crippen molar-refractivity contribution in [3.05, 3.63) is 40.0 Å². The van der Waals surface area contributed by atoms with E-state index in [1.165, 1.54) is 6.20 Å². The van der Waals surface area contributed by atoms with Crippen molar-refractivity contribution in [2.45, 2.75) is 6.92 Å². The molecule has 0 bridgehead atoms. The molecule has 0 radical (unpaired) electrons. The van der Waals surface area contributed by atoms with E-state index in [9.17, 15) is 0 Å². The van der Waals surface area contributed by atoms with Crippen molar-refractivity contribution in [2.24, 2.45) is 0 Å². The third-order valence-electron chi connectivity index (χ3n) is 2.37. The number of benzene rings is 1. The number of nitriles is 1. The molecule has 1 aromatic carbocycles. The average Bonchev–Trinajstić information content (AvgIpc) is 2.32. The molecule has 0 aliphatic heterocycles. The maximum atomic E-state index is 8.74. The van der Waals surface area contributed by atoms with Gasteiger partial charge in [-0.3, -0.25) is 0 Å². The van der Waals surface area contributed by atoms with Gasteiger partial charge in [0.2, 0.25) is 0 Å². The van der Waals surface area contributed by atoms with E-state index in [1.807, 2.05) is 31.2 Å². The smallest absolute Gasteiger partial charge is 0.161 e. The topological polar surface area (TPSA) is 75.6 Å². The van der Waals surface area contributed by atoms with Crippen LogP contribution < -0.4 is 5.73 Å². The highest BCUT2D eigenvalue weighted by molar-refractivity contribution is 9.10. The van der Waals surface area contributed by atoms with Crippen molar-refractivity contribution in [3.63, 3.8) is 0 Å². The molecule has 0 fully saturated rings. The van der Waals surface area contributed by atoms with Gasteiger partial charge >= 0.3 is 0 Å². The number of aryl methyl sites for hydroxylation is 1. The van der Waals surface area contributed by atoms with Crippen LogP contribution >= 0.6 is 15.9 Å². The lowest BCUT2D eigenvalue weighted by atomic mass is 10.1. The van der Waals surface area contributed by atoms with Gasteiger partial charge in [-0.1, -0.05) is 28.1 Å². The molecule has 1 heterocycles. The van der Waals surface area contributed by atoms with Gasteiger partial charge < -0.3 is 5.73 Å². The normalized spacial score (nSPS) is 9.94. The van der Waals surface area contributed by atoms with E-state index in [1.54, 1.807) is 0 Å². The van der Waals surface area contributed by atoms with Gasteiger partial charge in [0.05, 0.1) is 6.20 Å². The Bertz CT molecular complexity index is 616. The summed E-state index contributed by atoms with van der Waals surface area (Å²) in [6, 6.07) is 7.75. The maximum Gasteiger partial charge on any atom is 0.161 e. The first-order chi connectivity index (χ1) is 8.11. The molecular weight excluding hydrogens is 280 g/mol. The molecule has 0 spiro atoms. The summed E-state index contributed by atoms with van der Waals surface area (Å²) >= 11 is 3.45. The largest absolute Gasteiger partial charge is 0.382 e. The number of nitrogen functional groups attached to an aromatic ring is 1. The van der Waals surface area contributed by atoms with Gasteiger partial charge in [0.1, 0.15) is 17.5 Å². The van der Waals surface area contributed by atoms with Gasteiger partial charge in [-0.2, -0.15) is 5.26 Å². The van der Waals surface area contributed by atoms with E-state index in [0.717, 1.165) is 15.6 Å². The van der Waals surface area contributed by atoms with Gasteiger partial charge in [0, 0.05) is 10.0 Å².